The first-order valence-corrected chi connectivity index (χ1v) is 7.95. The van der Waals surface area contributed by atoms with Crippen LogP contribution < -0.4 is 9.62 Å². The maximum Gasteiger partial charge on any atom is 0.250 e. The molecule has 2 rings (SSSR count). The van der Waals surface area contributed by atoms with Crippen LogP contribution in [0.15, 0.2) is 18.2 Å². The molecule has 1 aliphatic rings. The molecule has 1 heterocycles. The zero-order valence-corrected chi connectivity index (χ0v) is 12.4. The van der Waals surface area contributed by atoms with E-state index in [9.17, 15) is 13.2 Å². The molecule has 1 amide bonds. The van der Waals surface area contributed by atoms with Crippen LogP contribution in [0.3, 0.4) is 0 Å². The molecule has 0 atom stereocenters. The van der Waals surface area contributed by atoms with Gasteiger partial charge in [-0.2, -0.15) is 0 Å². The number of carbonyl (C=O) groups is 1. The van der Waals surface area contributed by atoms with E-state index in [0.717, 1.165) is 5.56 Å². The number of carbonyl (C=O) groups excluding carboxylic acids is 1. The number of aryl methyl sites for hydroxylation is 1. The van der Waals surface area contributed by atoms with Gasteiger partial charge in [0.25, 0.3) is 0 Å². The standard InChI is InChI=1S/C13H18N2O4S/c1-10-4-5-11(15-6-3-7-20(15,17)18)8-12(10)14-13(16)9-19-2/h4-5,8H,3,6-7,9H2,1-2H3,(H,14,16). The summed E-state index contributed by atoms with van der Waals surface area (Å²) in [5, 5.41) is 2.72. The van der Waals surface area contributed by atoms with Gasteiger partial charge >= 0.3 is 0 Å². The number of methoxy groups -OCH3 is 1. The molecule has 0 unspecified atom stereocenters. The highest BCUT2D eigenvalue weighted by Gasteiger charge is 2.28. The van der Waals surface area contributed by atoms with E-state index >= 15 is 0 Å². The van der Waals surface area contributed by atoms with Crippen molar-refractivity contribution < 1.29 is 17.9 Å². The molecule has 1 N–H and O–H groups in total. The van der Waals surface area contributed by atoms with Gasteiger partial charge in [-0.05, 0) is 31.0 Å². The van der Waals surface area contributed by atoms with Crippen molar-refractivity contribution in [1.82, 2.24) is 0 Å². The molecule has 0 spiro atoms. The van der Waals surface area contributed by atoms with E-state index in [-0.39, 0.29) is 18.3 Å². The maximum atomic E-state index is 11.9. The predicted octanol–water partition coefficient (Wildman–Crippen LogP) is 1.12. The van der Waals surface area contributed by atoms with E-state index in [1.165, 1.54) is 11.4 Å². The van der Waals surface area contributed by atoms with Crippen LogP contribution in [0, 0.1) is 6.92 Å². The Hall–Kier alpha value is -1.60. The van der Waals surface area contributed by atoms with Gasteiger partial charge in [-0.3, -0.25) is 9.10 Å². The number of hydrogen-bond acceptors (Lipinski definition) is 4. The third kappa shape index (κ3) is 3.10. The molecule has 1 fully saturated rings. The maximum absolute atomic E-state index is 11.9. The second kappa shape index (κ2) is 5.80. The Morgan fingerprint density at radius 3 is 2.80 bits per heavy atom. The average molecular weight is 298 g/mol. The molecule has 0 radical (unpaired) electrons. The number of ether oxygens (including phenoxy) is 1. The first-order chi connectivity index (χ1) is 9.44. The van der Waals surface area contributed by atoms with Gasteiger partial charge in [0, 0.05) is 19.3 Å². The molecular formula is C13H18N2O4S. The van der Waals surface area contributed by atoms with Crippen molar-refractivity contribution in [3.8, 4) is 0 Å². The van der Waals surface area contributed by atoms with Crippen LogP contribution in [-0.2, 0) is 19.6 Å². The minimum atomic E-state index is -3.21. The van der Waals surface area contributed by atoms with Crippen molar-refractivity contribution in [1.29, 1.82) is 0 Å². The summed E-state index contributed by atoms with van der Waals surface area (Å²) in [5.41, 5.74) is 2.06. The van der Waals surface area contributed by atoms with Gasteiger partial charge in [0.2, 0.25) is 15.9 Å². The van der Waals surface area contributed by atoms with Crippen LogP contribution in [0.5, 0.6) is 0 Å². The first-order valence-electron chi connectivity index (χ1n) is 6.34. The SMILES string of the molecule is COCC(=O)Nc1cc(N2CCCS2(=O)=O)ccc1C. The summed E-state index contributed by atoms with van der Waals surface area (Å²) in [7, 11) is -1.77. The third-order valence-corrected chi connectivity index (χ3v) is 5.03. The molecule has 110 valence electrons. The van der Waals surface area contributed by atoms with Gasteiger partial charge in [0.05, 0.1) is 11.4 Å². The van der Waals surface area contributed by atoms with Crippen molar-refractivity contribution in [2.75, 3.05) is 35.6 Å². The Morgan fingerprint density at radius 2 is 2.20 bits per heavy atom. The number of nitrogens with one attached hydrogen (secondary N) is 1. The van der Waals surface area contributed by atoms with Crippen molar-refractivity contribution in [2.24, 2.45) is 0 Å². The lowest BCUT2D eigenvalue weighted by Gasteiger charge is -2.19. The first kappa shape index (κ1) is 14.8. The Morgan fingerprint density at radius 1 is 1.45 bits per heavy atom. The number of sulfonamides is 1. The normalized spacial score (nSPS) is 17.2. The fraction of sp³-hybridized carbons (Fsp3) is 0.462. The van der Waals surface area contributed by atoms with Crippen LogP contribution in [-0.4, -0.2) is 40.3 Å². The zero-order chi connectivity index (χ0) is 14.8. The number of hydrogen-bond donors (Lipinski definition) is 1. The highest BCUT2D eigenvalue weighted by Crippen LogP contribution is 2.28. The van der Waals surface area contributed by atoms with Gasteiger partial charge < -0.3 is 10.1 Å². The molecule has 1 aromatic carbocycles. The number of amides is 1. The van der Waals surface area contributed by atoms with Crippen molar-refractivity contribution in [3.63, 3.8) is 0 Å². The average Bonchev–Trinajstić information content (AvgIpc) is 2.72. The van der Waals surface area contributed by atoms with Crippen LogP contribution in [0.4, 0.5) is 11.4 Å². The van der Waals surface area contributed by atoms with E-state index in [0.29, 0.717) is 24.3 Å². The van der Waals surface area contributed by atoms with Gasteiger partial charge in [-0.15, -0.1) is 0 Å². The Kier molecular flexibility index (Phi) is 4.29. The second-order valence-electron chi connectivity index (χ2n) is 4.72. The highest BCUT2D eigenvalue weighted by atomic mass is 32.2. The number of nitrogens with zero attached hydrogens (tertiary/aromatic N) is 1. The minimum absolute atomic E-state index is 0.0360. The van der Waals surface area contributed by atoms with E-state index in [1.54, 1.807) is 18.2 Å². The summed E-state index contributed by atoms with van der Waals surface area (Å²) in [6.45, 7) is 2.30. The fourth-order valence-corrected chi connectivity index (χ4v) is 3.70. The van der Waals surface area contributed by atoms with Gasteiger partial charge in [0.15, 0.2) is 0 Å². The Bertz CT molecular complexity index is 613. The van der Waals surface area contributed by atoms with Crippen LogP contribution in [0.2, 0.25) is 0 Å². The predicted molar refractivity (Wildman–Crippen MR) is 77.4 cm³/mol. The third-order valence-electron chi connectivity index (χ3n) is 3.16. The summed E-state index contributed by atoms with van der Waals surface area (Å²) >= 11 is 0. The molecule has 20 heavy (non-hydrogen) atoms. The van der Waals surface area contributed by atoms with Crippen LogP contribution in [0.1, 0.15) is 12.0 Å². The highest BCUT2D eigenvalue weighted by molar-refractivity contribution is 7.93. The number of anilines is 2. The van der Waals surface area contributed by atoms with E-state index in [2.05, 4.69) is 5.32 Å². The smallest absolute Gasteiger partial charge is 0.250 e. The molecule has 1 aromatic rings. The molecule has 6 nitrogen and oxygen atoms in total. The summed E-state index contributed by atoms with van der Waals surface area (Å²) in [6, 6.07) is 5.24. The quantitative estimate of drug-likeness (QED) is 0.904. The topological polar surface area (TPSA) is 75.7 Å². The molecule has 0 bridgehead atoms. The zero-order valence-electron chi connectivity index (χ0n) is 11.5. The lowest BCUT2D eigenvalue weighted by atomic mass is 10.1. The number of benzene rings is 1. The van der Waals surface area contributed by atoms with Gasteiger partial charge in [-0.1, -0.05) is 6.07 Å². The van der Waals surface area contributed by atoms with Gasteiger partial charge in [-0.25, -0.2) is 8.42 Å². The molecule has 1 aliphatic heterocycles. The lowest BCUT2D eigenvalue weighted by Crippen LogP contribution is -2.25. The lowest BCUT2D eigenvalue weighted by molar-refractivity contribution is -0.119. The van der Waals surface area contributed by atoms with Crippen molar-refractivity contribution in [3.05, 3.63) is 23.8 Å². The van der Waals surface area contributed by atoms with Crippen LogP contribution in [0.25, 0.3) is 0 Å². The second-order valence-corrected chi connectivity index (χ2v) is 6.73. The summed E-state index contributed by atoms with van der Waals surface area (Å²) in [5.74, 6) is -0.0938. The summed E-state index contributed by atoms with van der Waals surface area (Å²) < 4.78 is 30.0. The van der Waals surface area contributed by atoms with Crippen molar-refractivity contribution in [2.45, 2.75) is 13.3 Å². The van der Waals surface area contributed by atoms with E-state index < -0.39 is 10.0 Å². The summed E-state index contributed by atoms with van der Waals surface area (Å²) in [4.78, 5) is 11.6. The Labute approximate surface area is 118 Å². The largest absolute Gasteiger partial charge is 0.375 e. The Balaban J connectivity index is 2.27. The van der Waals surface area contributed by atoms with E-state index in [1.807, 2.05) is 6.92 Å². The molecular weight excluding hydrogens is 280 g/mol. The molecule has 0 aromatic heterocycles. The minimum Gasteiger partial charge on any atom is -0.375 e. The number of rotatable bonds is 4. The summed E-state index contributed by atoms with van der Waals surface area (Å²) in [6.07, 6.45) is 0.627. The molecule has 7 heteroatoms. The molecule has 1 saturated heterocycles. The van der Waals surface area contributed by atoms with Crippen molar-refractivity contribution >= 4 is 27.3 Å². The fourth-order valence-electron chi connectivity index (χ4n) is 2.15. The molecule has 0 aliphatic carbocycles. The monoisotopic (exact) mass is 298 g/mol. The molecule has 0 saturated carbocycles. The van der Waals surface area contributed by atoms with Crippen LogP contribution >= 0.6 is 0 Å². The van der Waals surface area contributed by atoms with Gasteiger partial charge in [0.1, 0.15) is 6.61 Å². The van der Waals surface area contributed by atoms with E-state index in [4.69, 9.17) is 4.74 Å².